The molecule has 0 amide bonds. The molecule has 5 aromatic rings. The summed E-state index contributed by atoms with van der Waals surface area (Å²) < 4.78 is 22.5. The smallest absolute Gasteiger partial charge is 0.128 e. The fourth-order valence-corrected chi connectivity index (χ4v) is 7.81. The lowest BCUT2D eigenvalue weighted by Gasteiger charge is -2.21. The Bertz CT molecular complexity index is 1560. The number of fused-ring (bicyclic) bond motifs is 1. The van der Waals surface area contributed by atoms with E-state index >= 15 is 0 Å². The predicted octanol–water partition coefficient (Wildman–Crippen LogP) is 12.0. The molecule has 7 heteroatoms. The molecule has 0 bridgehead atoms. The van der Waals surface area contributed by atoms with Crippen molar-refractivity contribution in [3.8, 4) is 42.8 Å². The van der Waals surface area contributed by atoms with Crippen LogP contribution in [0.1, 0.15) is 79.1 Å². The maximum absolute atomic E-state index is 6.74. The third-order valence-electron chi connectivity index (χ3n) is 8.33. The van der Waals surface area contributed by atoms with E-state index in [0.29, 0.717) is 11.8 Å². The molecule has 43 heavy (non-hydrogen) atoms. The molecular weight excluding hydrogens is 589 g/mol. The number of hydrogen-bond donors (Lipinski definition) is 0. The highest BCUT2D eigenvalue weighted by Gasteiger charge is 2.20. The van der Waals surface area contributed by atoms with E-state index < -0.39 is 0 Å². The number of benzene rings is 2. The molecule has 0 aliphatic rings. The molecule has 0 saturated carbocycles. The Morgan fingerprint density at radius 2 is 1.30 bits per heavy atom. The van der Waals surface area contributed by atoms with Crippen LogP contribution in [0.4, 0.5) is 0 Å². The summed E-state index contributed by atoms with van der Waals surface area (Å²) in [5.74, 6) is 2.98. The van der Waals surface area contributed by atoms with Gasteiger partial charge in [-0.25, -0.2) is 0 Å². The fourth-order valence-electron chi connectivity index (χ4n) is 5.46. The van der Waals surface area contributed by atoms with E-state index in [-0.39, 0.29) is 0 Å². The Morgan fingerprint density at radius 3 is 1.88 bits per heavy atom. The molecule has 0 spiro atoms. The summed E-state index contributed by atoms with van der Waals surface area (Å²) in [5.41, 5.74) is 5.26. The number of ether oxygens (including phenoxy) is 2. The molecule has 0 saturated heterocycles. The predicted molar refractivity (Wildman–Crippen MR) is 187 cm³/mol. The van der Waals surface area contributed by atoms with Crippen LogP contribution in [0.5, 0.6) is 11.5 Å². The summed E-state index contributed by atoms with van der Waals surface area (Å²) in [4.78, 5) is 3.57. The van der Waals surface area contributed by atoms with Gasteiger partial charge < -0.3 is 9.47 Å². The Hall–Kier alpha value is -2.74. The zero-order valence-electron chi connectivity index (χ0n) is 25.9. The van der Waals surface area contributed by atoms with Gasteiger partial charge in [-0.2, -0.15) is 8.75 Å². The lowest BCUT2D eigenvalue weighted by atomic mass is 10.00. The molecule has 2 atom stereocenters. The van der Waals surface area contributed by atoms with Gasteiger partial charge in [0.2, 0.25) is 0 Å². The van der Waals surface area contributed by atoms with Gasteiger partial charge in [0, 0.05) is 31.3 Å². The van der Waals surface area contributed by atoms with Gasteiger partial charge in [0.1, 0.15) is 22.5 Å². The van der Waals surface area contributed by atoms with Crippen LogP contribution in [0.15, 0.2) is 60.0 Å². The Balaban J connectivity index is 1.55. The molecule has 0 aliphatic carbocycles. The van der Waals surface area contributed by atoms with Crippen molar-refractivity contribution in [3.05, 3.63) is 60.0 Å². The van der Waals surface area contributed by atoms with Crippen molar-refractivity contribution in [3.63, 3.8) is 0 Å². The summed E-state index contributed by atoms with van der Waals surface area (Å²) >= 11 is 4.80. The van der Waals surface area contributed by atoms with E-state index in [2.05, 4.69) is 90.4 Å². The fraction of sp³-hybridized carbons (Fsp3) is 0.444. The Morgan fingerprint density at radius 1 is 0.674 bits per heavy atom. The standard InChI is InChI=1S/C36H44N2O2S3/c1-5-9-13-25(7-3)23-39-31-22-29(35-19-18-34(42-35)27-15-11-16-30-36(27)38-43-37-30)32(21-28(31)33-17-12-20-41-33)40-24-26(8-4)14-10-6-2/h11-12,15-22,25-26H,5-10,13-14,23-24H2,1-4H3. The van der Waals surface area contributed by atoms with Gasteiger partial charge in [-0.05, 0) is 66.5 Å². The minimum absolute atomic E-state index is 0.548. The van der Waals surface area contributed by atoms with Crippen LogP contribution < -0.4 is 9.47 Å². The number of unbranched alkanes of at least 4 members (excludes halogenated alkanes) is 2. The summed E-state index contributed by atoms with van der Waals surface area (Å²) in [6.45, 7) is 10.5. The highest BCUT2D eigenvalue weighted by molar-refractivity contribution is 7.19. The average molecular weight is 633 g/mol. The van der Waals surface area contributed by atoms with Crippen LogP contribution >= 0.6 is 34.4 Å². The number of hydrogen-bond acceptors (Lipinski definition) is 7. The second kappa shape index (κ2) is 15.8. The first-order valence-electron chi connectivity index (χ1n) is 15.9. The van der Waals surface area contributed by atoms with Crippen molar-refractivity contribution in [2.75, 3.05) is 13.2 Å². The second-order valence-electron chi connectivity index (χ2n) is 11.4. The van der Waals surface area contributed by atoms with Crippen molar-refractivity contribution in [2.24, 2.45) is 11.8 Å². The zero-order chi connectivity index (χ0) is 30.0. The van der Waals surface area contributed by atoms with Crippen LogP contribution in [0.25, 0.3) is 42.4 Å². The quantitative estimate of drug-likeness (QED) is 0.102. The summed E-state index contributed by atoms with van der Waals surface area (Å²) in [5, 5.41) is 2.14. The highest BCUT2D eigenvalue weighted by atomic mass is 32.1. The van der Waals surface area contributed by atoms with Crippen molar-refractivity contribution in [1.82, 2.24) is 8.75 Å². The lowest BCUT2D eigenvalue weighted by molar-refractivity contribution is 0.229. The SMILES string of the molecule is CCCCC(CC)COc1cc(-c2ccc(-c3cccc4nsnc34)s2)c(OCC(CC)CCCC)cc1-c1cccs1. The minimum atomic E-state index is 0.548. The number of nitrogens with zero attached hydrogens (tertiary/aromatic N) is 2. The molecule has 0 radical (unpaired) electrons. The first-order valence-corrected chi connectivity index (χ1v) is 18.4. The van der Waals surface area contributed by atoms with Crippen LogP contribution in [0.2, 0.25) is 0 Å². The third kappa shape index (κ3) is 7.86. The van der Waals surface area contributed by atoms with Crippen molar-refractivity contribution in [1.29, 1.82) is 0 Å². The van der Waals surface area contributed by atoms with Crippen LogP contribution in [0.3, 0.4) is 0 Å². The zero-order valence-corrected chi connectivity index (χ0v) is 28.4. The van der Waals surface area contributed by atoms with Crippen molar-refractivity contribution in [2.45, 2.75) is 79.1 Å². The van der Waals surface area contributed by atoms with Gasteiger partial charge in [-0.15, -0.1) is 22.7 Å². The largest absolute Gasteiger partial charge is 0.493 e. The third-order valence-corrected chi connectivity index (χ3v) is 10.9. The Labute approximate surface area is 269 Å². The maximum atomic E-state index is 6.74. The summed E-state index contributed by atoms with van der Waals surface area (Å²) in [6, 6.07) is 19.5. The summed E-state index contributed by atoms with van der Waals surface area (Å²) in [6.07, 6.45) is 9.58. The van der Waals surface area contributed by atoms with Gasteiger partial charge in [0.15, 0.2) is 0 Å². The van der Waals surface area contributed by atoms with Gasteiger partial charge >= 0.3 is 0 Å². The van der Waals surface area contributed by atoms with E-state index in [1.165, 1.54) is 64.9 Å². The molecule has 2 unspecified atom stereocenters. The number of aromatic nitrogens is 2. The lowest BCUT2D eigenvalue weighted by Crippen LogP contribution is -2.13. The van der Waals surface area contributed by atoms with E-state index in [0.717, 1.165) is 65.3 Å². The molecule has 0 fully saturated rings. The molecule has 5 rings (SSSR count). The number of rotatable bonds is 17. The number of thiophene rings is 2. The minimum Gasteiger partial charge on any atom is -0.493 e. The van der Waals surface area contributed by atoms with E-state index in [9.17, 15) is 0 Å². The van der Waals surface area contributed by atoms with Gasteiger partial charge in [0.05, 0.1) is 24.9 Å². The molecule has 0 N–H and O–H groups in total. The average Bonchev–Trinajstić information content (AvgIpc) is 3.83. The molecule has 228 valence electrons. The second-order valence-corrected chi connectivity index (χ2v) is 13.9. The summed E-state index contributed by atoms with van der Waals surface area (Å²) in [7, 11) is 0. The molecule has 3 heterocycles. The van der Waals surface area contributed by atoms with Gasteiger partial charge in [-0.3, -0.25) is 0 Å². The van der Waals surface area contributed by atoms with E-state index in [4.69, 9.17) is 9.47 Å². The van der Waals surface area contributed by atoms with Gasteiger partial charge in [-0.1, -0.05) is 84.4 Å². The van der Waals surface area contributed by atoms with Crippen LogP contribution in [-0.4, -0.2) is 22.0 Å². The highest BCUT2D eigenvalue weighted by Crippen LogP contribution is 2.46. The van der Waals surface area contributed by atoms with E-state index in [1.54, 1.807) is 22.7 Å². The van der Waals surface area contributed by atoms with Crippen LogP contribution in [0, 0.1) is 11.8 Å². The Kier molecular flexibility index (Phi) is 11.7. The molecular formula is C36H44N2O2S3. The monoisotopic (exact) mass is 632 g/mol. The first-order chi connectivity index (χ1) is 21.1. The molecule has 0 aliphatic heterocycles. The van der Waals surface area contributed by atoms with E-state index in [1.807, 2.05) is 6.07 Å². The molecule has 4 nitrogen and oxygen atoms in total. The van der Waals surface area contributed by atoms with Crippen molar-refractivity contribution < 1.29 is 9.47 Å². The van der Waals surface area contributed by atoms with Gasteiger partial charge in [0.25, 0.3) is 0 Å². The molecule has 3 aromatic heterocycles. The molecule has 2 aromatic carbocycles. The topological polar surface area (TPSA) is 44.2 Å². The maximum Gasteiger partial charge on any atom is 0.128 e. The first kappa shape index (κ1) is 31.7. The normalized spacial score (nSPS) is 12.9. The van der Waals surface area contributed by atoms with Crippen LogP contribution in [-0.2, 0) is 0 Å². The van der Waals surface area contributed by atoms with Crippen molar-refractivity contribution >= 4 is 45.4 Å².